The number of aryl methyl sites for hydroxylation is 2. The van der Waals surface area contributed by atoms with Gasteiger partial charge in [0, 0.05) is 16.0 Å². The number of carbonyl (C=O) groups excluding carboxylic acids is 2. The van der Waals surface area contributed by atoms with Gasteiger partial charge in [-0.25, -0.2) is 9.78 Å². The standard InChI is InChI=1S/C24H21N3O3S2/c1-3-30-24(29)17-15-11-9-13-6-4-5-7-14(13)19(15)31-23(17)27-21(28)20-18(25)16-10-8-12(2)26-22(16)32-20/h4-8,10H,3,9,11,25H2,1-2H3,(H,27,28). The van der Waals surface area contributed by atoms with Crippen LogP contribution in [0.4, 0.5) is 10.7 Å². The number of nitrogens with zero attached hydrogens (tertiary/aromatic N) is 1. The van der Waals surface area contributed by atoms with E-state index < -0.39 is 5.97 Å². The van der Waals surface area contributed by atoms with Crippen LogP contribution in [0.25, 0.3) is 20.7 Å². The van der Waals surface area contributed by atoms with Gasteiger partial charge in [0.05, 0.1) is 17.9 Å². The number of rotatable bonds is 4. The first kappa shape index (κ1) is 20.7. The number of carbonyl (C=O) groups is 2. The van der Waals surface area contributed by atoms with Crippen molar-refractivity contribution in [1.82, 2.24) is 4.98 Å². The van der Waals surface area contributed by atoms with Crippen LogP contribution in [0.5, 0.6) is 0 Å². The van der Waals surface area contributed by atoms with E-state index >= 15 is 0 Å². The number of hydrogen-bond acceptors (Lipinski definition) is 7. The molecule has 1 amide bonds. The smallest absolute Gasteiger partial charge is 0.341 e. The molecule has 0 fully saturated rings. The van der Waals surface area contributed by atoms with Crippen LogP contribution in [-0.4, -0.2) is 23.5 Å². The second-order valence-electron chi connectivity index (χ2n) is 7.60. The van der Waals surface area contributed by atoms with Gasteiger partial charge in [-0.05, 0) is 55.5 Å². The van der Waals surface area contributed by atoms with Crippen LogP contribution in [-0.2, 0) is 17.6 Å². The van der Waals surface area contributed by atoms with E-state index in [1.165, 1.54) is 28.2 Å². The third-order valence-corrected chi connectivity index (χ3v) is 7.85. The second kappa shape index (κ2) is 8.03. The molecule has 0 atom stereocenters. The van der Waals surface area contributed by atoms with E-state index in [2.05, 4.69) is 22.4 Å². The maximum atomic E-state index is 13.2. The molecule has 5 rings (SSSR count). The lowest BCUT2D eigenvalue weighted by molar-refractivity contribution is 0.0527. The van der Waals surface area contributed by atoms with E-state index in [-0.39, 0.29) is 12.5 Å². The summed E-state index contributed by atoms with van der Waals surface area (Å²) in [5, 5.41) is 4.21. The Morgan fingerprint density at radius 1 is 1.16 bits per heavy atom. The van der Waals surface area contributed by atoms with Crippen molar-refractivity contribution in [3.63, 3.8) is 0 Å². The number of nitrogens with two attached hydrogens (primary N) is 1. The SMILES string of the molecule is CCOC(=O)c1c(NC(=O)c2sc3nc(C)ccc3c2N)sc2c1CCc1ccccc1-2. The lowest BCUT2D eigenvalue weighted by Crippen LogP contribution is -2.16. The lowest BCUT2D eigenvalue weighted by atomic mass is 9.89. The van der Waals surface area contributed by atoms with Crippen LogP contribution in [0.3, 0.4) is 0 Å². The minimum atomic E-state index is -0.415. The van der Waals surface area contributed by atoms with E-state index in [0.29, 0.717) is 21.1 Å². The molecular formula is C24H21N3O3S2. The van der Waals surface area contributed by atoms with Crippen molar-refractivity contribution < 1.29 is 14.3 Å². The number of esters is 1. The van der Waals surface area contributed by atoms with Gasteiger partial charge in [0.15, 0.2) is 0 Å². The Morgan fingerprint density at radius 3 is 2.78 bits per heavy atom. The van der Waals surface area contributed by atoms with Crippen LogP contribution in [0.1, 0.15) is 43.8 Å². The quantitative estimate of drug-likeness (QED) is 0.393. The molecule has 0 bridgehead atoms. The Morgan fingerprint density at radius 2 is 1.97 bits per heavy atom. The van der Waals surface area contributed by atoms with Gasteiger partial charge in [0.1, 0.15) is 14.7 Å². The molecule has 0 saturated heterocycles. The Labute approximate surface area is 193 Å². The Kier molecular flexibility index (Phi) is 5.19. The Hall–Kier alpha value is -3.23. The molecule has 1 aliphatic rings. The number of hydrogen-bond donors (Lipinski definition) is 2. The van der Waals surface area contributed by atoms with E-state index in [0.717, 1.165) is 44.8 Å². The lowest BCUT2D eigenvalue weighted by Gasteiger charge is -2.16. The average Bonchev–Trinajstić information content (AvgIpc) is 3.31. The maximum Gasteiger partial charge on any atom is 0.341 e. The Bertz CT molecular complexity index is 1390. The summed E-state index contributed by atoms with van der Waals surface area (Å²) in [6.07, 6.45) is 1.56. The van der Waals surface area contributed by atoms with Gasteiger partial charge in [-0.1, -0.05) is 24.3 Å². The van der Waals surface area contributed by atoms with Gasteiger partial charge >= 0.3 is 5.97 Å². The fourth-order valence-electron chi connectivity index (χ4n) is 4.07. The molecule has 0 spiro atoms. The number of aromatic nitrogens is 1. The van der Waals surface area contributed by atoms with E-state index in [9.17, 15) is 9.59 Å². The normalized spacial score (nSPS) is 12.3. The van der Waals surface area contributed by atoms with Gasteiger partial charge in [0.25, 0.3) is 5.91 Å². The summed E-state index contributed by atoms with van der Waals surface area (Å²) in [4.78, 5) is 32.7. The zero-order valence-corrected chi connectivity index (χ0v) is 19.3. The number of thiophene rings is 2. The first-order valence-corrected chi connectivity index (χ1v) is 12.0. The maximum absolute atomic E-state index is 13.2. The number of ether oxygens (including phenoxy) is 1. The van der Waals surface area contributed by atoms with E-state index in [1.54, 1.807) is 6.92 Å². The van der Waals surface area contributed by atoms with Crippen LogP contribution in [0.2, 0.25) is 0 Å². The minimum Gasteiger partial charge on any atom is -0.462 e. The van der Waals surface area contributed by atoms with Gasteiger partial charge in [-0.15, -0.1) is 22.7 Å². The number of amides is 1. The largest absolute Gasteiger partial charge is 0.462 e. The summed E-state index contributed by atoms with van der Waals surface area (Å²) >= 11 is 2.67. The summed E-state index contributed by atoms with van der Waals surface area (Å²) < 4.78 is 5.34. The molecule has 0 saturated carbocycles. The fraction of sp³-hybridized carbons (Fsp3) is 0.208. The monoisotopic (exact) mass is 463 g/mol. The summed E-state index contributed by atoms with van der Waals surface area (Å²) in [6, 6.07) is 11.9. The highest BCUT2D eigenvalue weighted by atomic mass is 32.1. The zero-order chi connectivity index (χ0) is 22.4. The summed E-state index contributed by atoms with van der Waals surface area (Å²) in [5.41, 5.74) is 11.3. The molecular weight excluding hydrogens is 442 g/mol. The Balaban J connectivity index is 1.58. The predicted octanol–water partition coefficient (Wildman–Crippen LogP) is 5.44. The van der Waals surface area contributed by atoms with Crippen molar-refractivity contribution in [3.8, 4) is 10.4 Å². The minimum absolute atomic E-state index is 0.266. The average molecular weight is 464 g/mol. The number of fused-ring (bicyclic) bond motifs is 4. The molecule has 0 unspecified atom stereocenters. The van der Waals surface area contributed by atoms with E-state index in [1.807, 2.05) is 31.2 Å². The fourth-order valence-corrected chi connectivity index (χ4v) is 6.39. The van der Waals surface area contributed by atoms with Gasteiger partial charge in [-0.3, -0.25) is 4.79 Å². The van der Waals surface area contributed by atoms with E-state index in [4.69, 9.17) is 10.5 Å². The molecule has 0 aliphatic heterocycles. The molecule has 3 heterocycles. The predicted molar refractivity (Wildman–Crippen MR) is 130 cm³/mol. The number of nitrogens with one attached hydrogen (secondary N) is 1. The second-order valence-corrected chi connectivity index (χ2v) is 9.62. The third-order valence-electron chi connectivity index (χ3n) is 5.56. The van der Waals surface area contributed by atoms with Crippen LogP contribution >= 0.6 is 22.7 Å². The zero-order valence-electron chi connectivity index (χ0n) is 17.7. The highest BCUT2D eigenvalue weighted by Gasteiger charge is 2.30. The first-order chi connectivity index (χ1) is 15.5. The number of nitrogen functional groups attached to an aromatic ring is 1. The highest BCUT2D eigenvalue weighted by Crippen LogP contribution is 2.46. The number of benzene rings is 1. The molecule has 3 N–H and O–H groups in total. The number of pyridine rings is 1. The van der Waals surface area contributed by atoms with Crippen molar-refractivity contribution >= 4 is 55.5 Å². The summed E-state index contributed by atoms with van der Waals surface area (Å²) in [7, 11) is 0. The molecule has 4 aromatic rings. The van der Waals surface area contributed by atoms with Gasteiger partial charge in [0.2, 0.25) is 0 Å². The molecule has 1 aromatic carbocycles. The first-order valence-electron chi connectivity index (χ1n) is 10.4. The topological polar surface area (TPSA) is 94.3 Å². The molecule has 8 heteroatoms. The molecule has 162 valence electrons. The highest BCUT2D eigenvalue weighted by molar-refractivity contribution is 7.22. The van der Waals surface area contributed by atoms with Crippen LogP contribution in [0, 0.1) is 6.92 Å². The van der Waals surface area contributed by atoms with Crippen molar-refractivity contribution in [1.29, 1.82) is 0 Å². The van der Waals surface area contributed by atoms with Crippen molar-refractivity contribution in [2.45, 2.75) is 26.7 Å². The molecule has 3 aromatic heterocycles. The van der Waals surface area contributed by atoms with Crippen molar-refractivity contribution in [2.24, 2.45) is 0 Å². The molecule has 6 nitrogen and oxygen atoms in total. The van der Waals surface area contributed by atoms with Crippen molar-refractivity contribution in [3.05, 3.63) is 63.7 Å². The van der Waals surface area contributed by atoms with Crippen LogP contribution < -0.4 is 11.1 Å². The summed E-state index contributed by atoms with van der Waals surface area (Å²) in [6.45, 7) is 3.94. The molecule has 0 radical (unpaired) electrons. The van der Waals surface area contributed by atoms with Gasteiger partial charge in [-0.2, -0.15) is 0 Å². The van der Waals surface area contributed by atoms with Gasteiger partial charge < -0.3 is 15.8 Å². The number of anilines is 2. The summed E-state index contributed by atoms with van der Waals surface area (Å²) in [5.74, 6) is -0.762. The molecule has 32 heavy (non-hydrogen) atoms. The molecule has 1 aliphatic carbocycles. The van der Waals surface area contributed by atoms with Crippen LogP contribution in [0.15, 0.2) is 36.4 Å². The third kappa shape index (κ3) is 3.36. The van der Waals surface area contributed by atoms with Crippen molar-refractivity contribution in [2.75, 3.05) is 17.7 Å².